The van der Waals surface area contributed by atoms with Crippen molar-refractivity contribution >= 4 is 0 Å². The number of allylic oxidation sites excluding steroid dienone is 2. The third-order valence-electron chi connectivity index (χ3n) is 2.25. The monoisotopic (exact) mass is 165 g/mol. The van der Waals surface area contributed by atoms with Crippen molar-refractivity contribution in [3.05, 3.63) is 24.0 Å². The van der Waals surface area contributed by atoms with Crippen LogP contribution in [-0.4, -0.2) is 37.6 Å². The Kier molecular flexibility index (Phi) is 2.32. The van der Waals surface area contributed by atoms with Crippen molar-refractivity contribution in [1.29, 1.82) is 0 Å². The van der Waals surface area contributed by atoms with E-state index < -0.39 is 0 Å². The van der Waals surface area contributed by atoms with Gasteiger partial charge in [-0.25, -0.2) is 0 Å². The molecule has 2 aliphatic rings. The van der Waals surface area contributed by atoms with E-state index >= 15 is 0 Å². The number of dihydropyridines is 1. The van der Waals surface area contributed by atoms with Crippen LogP contribution in [0.4, 0.5) is 0 Å². The first kappa shape index (κ1) is 7.68. The van der Waals surface area contributed by atoms with Crippen molar-refractivity contribution in [2.45, 2.75) is 0 Å². The second kappa shape index (κ2) is 3.63. The van der Waals surface area contributed by atoms with E-state index in [2.05, 4.69) is 33.8 Å². The van der Waals surface area contributed by atoms with Gasteiger partial charge in [-0.3, -0.25) is 0 Å². The van der Waals surface area contributed by atoms with Crippen LogP contribution in [0.1, 0.15) is 0 Å². The fraction of sp³-hybridized carbons (Fsp3) is 0.556. The van der Waals surface area contributed by atoms with Crippen LogP contribution >= 0.6 is 0 Å². The molecule has 0 amide bonds. The van der Waals surface area contributed by atoms with Gasteiger partial charge in [-0.15, -0.1) is 0 Å². The summed E-state index contributed by atoms with van der Waals surface area (Å²) in [4.78, 5) is 2.39. The van der Waals surface area contributed by atoms with Gasteiger partial charge in [0.2, 0.25) is 0 Å². The Morgan fingerprint density at radius 1 is 1.25 bits per heavy atom. The van der Waals surface area contributed by atoms with Crippen molar-refractivity contribution in [3.8, 4) is 0 Å². The Hall–Kier alpha value is -0.960. The van der Waals surface area contributed by atoms with Gasteiger partial charge in [0.05, 0.1) is 0 Å². The van der Waals surface area contributed by atoms with Crippen molar-refractivity contribution < 1.29 is 0 Å². The Labute approximate surface area is 73.1 Å². The van der Waals surface area contributed by atoms with Gasteiger partial charge in [-0.1, -0.05) is 12.2 Å². The van der Waals surface area contributed by atoms with Crippen LogP contribution in [0.3, 0.4) is 0 Å². The number of hydrogen-bond acceptors (Lipinski definition) is 3. The lowest BCUT2D eigenvalue weighted by Gasteiger charge is -2.32. The molecule has 66 valence electrons. The van der Waals surface area contributed by atoms with Gasteiger partial charge in [0.25, 0.3) is 0 Å². The van der Waals surface area contributed by atoms with E-state index in [1.54, 1.807) is 0 Å². The van der Waals surface area contributed by atoms with E-state index in [4.69, 9.17) is 0 Å². The summed E-state index contributed by atoms with van der Waals surface area (Å²) in [6.07, 6.45) is 6.40. The lowest BCUT2D eigenvalue weighted by atomic mass is 10.3. The Bertz CT molecular complexity index is 202. The highest BCUT2D eigenvalue weighted by Crippen LogP contribution is 2.04. The Balaban J connectivity index is 1.97. The summed E-state index contributed by atoms with van der Waals surface area (Å²) < 4.78 is 0. The molecule has 0 spiro atoms. The Morgan fingerprint density at radius 3 is 2.75 bits per heavy atom. The first-order valence-electron chi connectivity index (χ1n) is 4.53. The summed E-state index contributed by atoms with van der Waals surface area (Å²) in [5, 5.41) is 6.70. The van der Waals surface area contributed by atoms with Crippen LogP contribution in [0, 0.1) is 0 Å². The number of rotatable bonds is 1. The van der Waals surface area contributed by atoms with E-state index in [9.17, 15) is 0 Å². The minimum absolute atomic E-state index is 0.968. The molecule has 0 aromatic carbocycles. The molecule has 2 rings (SSSR count). The average molecular weight is 165 g/mol. The molecule has 0 unspecified atom stereocenters. The zero-order valence-electron chi connectivity index (χ0n) is 7.21. The molecule has 12 heavy (non-hydrogen) atoms. The van der Waals surface area contributed by atoms with Crippen LogP contribution in [0.5, 0.6) is 0 Å². The van der Waals surface area contributed by atoms with Crippen molar-refractivity contribution in [2.75, 3.05) is 32.7 Å². The molecule has 3 heteroatoms. The van der Waals surface area contributed by atoms with Gasteiger partial charge in [-0.05, 0) is 6.08 Å². The molecule has 0 atom stereocenters. The normalized spacial score (nSPS) is 23.3. The minimum Gasteiger partial charge on any atom is -0.368 e. The molecule has 0 radical (unpaired) electrons. The van der Waals surface area contributed by atoms with E-state index in [1.807, 2.05) is 0 Å². The molecule has 2 N–H and O–H groups in total. The van der Waals surface area contributed by atoms with Crippen LogP contribution in [-0.2, 0) is 0 Å². The van der Waals surface area contributed by atoms with E-state index in [-0.39, 0.29) is 0 Å². The lowest BCUT2D eigenvalue weighted by molar-refractivity contribution is 0.282. The highest BCUT2D eigenvalue weighted by Gasteiger charge is 2.12. The average Bonchev–Trinajstić information content (AvgIpc) is 2.21. The number of hydrogen-bond donors (Lipinski definition) is 2. The predicted molar refractivity (Wildman–Crippen MR) is 49.7 cm³/mol. The third kappa shape index (κ3) is 1.61. The summed E-state index contributed by atoms with van der Waals surface area (Å²) in [6.45, 7) is 5.40. The molecule has 2 aliphatic heterocycles. The highest BCUT2D eigenvalue weighted by atomic mass is 15.3. The standard InChI is InChI=1S/C9H15N3/c1-2-4-11-9(3-1)12-7-5-10-6-8-12/h1-3,10-11H,4-8H2. The molecular formula is C9H15N3. The fourth-order valence-corrected chi connectivity index (χ4v) is 1.57. The maximum absolute atomic E-state index is 3.36. The Morgan fingerprint density at radius 2 is 2.08 bits per heavy atom. The molecule has 0 aliphatic carbocycles. The molecule has 1 saturated heterocycles. The molecule has 0 aromatic heterocycles. The van der Waals surface area contributed by atoms with Crippen molar-refractivity contribution in [2.24, 2.45) is 0 Å². The second-order valence-electron chi connectivity index (χ2n) is 3.10. The van der Waals surface area contributed by atoms with E-state index in [1.165, 1.54) is 5.82 Å². The van der Waals surface area contributed by atoms with Crippen LogP contribution in [0.2, 0.25) is 0 Å². The second-order valence-corrected chi connectivity index (χ2v) is 3.10. The first-order chi connectivity index (χ1) is 5.97. The van der Waals surface area contributed by atoms with Crippen LogP contribution in [0.25, 0.3) is 0 Å². The summed E-state index contributed by atoms with van der Waals surface area (Å²) in [5.74, 6) is 1.28. The van der Waals surface area contributed by atoms with Crippen molar-refractivity contribution in [1.82, 2.24) is 15.5 Å². The molecule has 0 aromatic rings. The maximum Gasteiger partial charge on any atom is 0.102 e. The molecular weight excluding hydrogens is 150 g/mol. The highest BCUT2D eigenvalue weighted by molar-refractivity contribution is 5.16. The molecule has 0 bridgehead atoms. The summed E-state index contributed by atoms with van der Waals surface area (Å²) in [6, 6.07) is 0. The van der Waals surface area contributed by atoms with E-state index in [0.717, 1.165) is 32.7 Å². The summed E-state index contributed by atoms with van der Waals surface area (Å²) in [7, 11) is 0. The first-order valence-corrected chi connectivity index (χ1v) is 4.53. The third-order valence-corrected chi connectivity index (χ3v) is 2.25. The molecule has 0 saturated carbocycles. The zero-order chi connectivity index (χ0) is 8.23. The number of nitrogens with one attached hydrogen (secondary N) is 2. The lowest BCUT2D eigenvalue weighted by Crippen LogP contribution is -2.46. The SMILES string of the molecule is C1=CCNC(N2CCNCC2)=C1. The molecule has 3 nitrogen and oxygen atoms in total. The molecule has 1 fully saturated rings. The molecule has 2 heterocycles. The minimum atomic E-state index is 0.968. The fourth-order valence-electron chi connectivity index (χ4n) is 1.57. The van der Waals surface area contributed by atoms with Gasteiger partial charge in [0.1, 0.15) is 5.82 Å². The van der Waals surface area contributed by atoms with Gasteiger partial charge in [-0.2, -0.15) is 0 Å². The maximum atomic E-state index is 3.36. The van der Waals surface area contributed by atoms with Gasteiger partial charge < -0.3 is 15.5 Å². The summed E-state index contributed by atoms with van der Waals surface area (Å²) >= 11 is 0. The zero-order valence-corrected chi connectivity index (χ0v) is 7.21. The number of nitrogens with zero attached hydrogens (tertiary/aromatic N) is 1. The summed E-state index contributed by atoms with van der Waals surface area (Å²) in [5.41, 5.74) is 0. The van der Waals surface area contributed by atoms with Gasteiger partial charge in [0.15, 0.2) is 0 Å². The smallest absolute Gasteiger partial charge is 0.102 e. The number of piperazine rings is 1. The van der Waals surface area contributed by atoms with Crippen LogP contribution in [0.15, 0.2) is 24.0 Å². The predicted octanol–water partition coefficient (Wildman–Crippen LogP) is -0.108. The quantitative estimate of drug-likeness (QED) is 0.568. The van der Waals surface area contributed by atoms with E-state index in [0.29, 0.717) is 0 Å². The topological polar surface area (TPSA) is 27.3 Å². The largest absolute Gasteiger partial charge is 0.368 e. The van der Waals surface area contributed by atoms with Gasteiger partial charge >= 0.3 is 0 Å². The van der Waals surface area contributed by atoms with Crippen molar-refractivity contribution in [3.63, 3.8) is 0 Å². The van der Waals surface area contributed by atoms with Crippen LogP contribution < -0.4 is 10.6 Å². The van der Waals surface area contributed by atoms with Gasteiger partial charge in [0, 0.05) is 32.7 Å².